The van der Waals surface area contributed by atoms with Crippen LogP contribution >= 0.6 is 11.3 Å². The van der Waals surface area contributed by atoms with Gasteiger partial charge < -0.3 is 11.1 Å². The SMILES string of the molecule is CC1CCC(Nc2nc(N)nc3sccc23)CC1C. The van der Waals surface area contributed by atoms with Gasteiger partial charge in [-0.1, -0.05) is 13.8 Å². The van der Waals surface area contributed by atoms with E-state index in [1.807, 2.05) is 5.38 Å². The van der Waals surface area contributed by atoms with Crippen molar-refractivity contribution in [3.63, 3.8) is 0 Å². The standard InChI is InChI=1S/C14H20N4S/c1-8-3-4-10(7-9(8)2)16-12-11-5-6-19-13(11)18-14(15)17-12/h5-6,8-10H,3-4,7H2,1-2H3,(H3,15,16,17,18). The smallest absolute Gasteiger partial charge is 0.223 e. The summed E-state index contributed by atoms with van der Waals surface area (Å²) in [6.45, 7) is 4.69. The van der Waals surface area contributed by atoms with Crippen LogP contribution in [0.1, 0.15) is 33.1 Å². The minimum absolute atomic E-state index is 0.356. The molecule has 1 saturated carbocycles. The van der Waals surface area contributed by atoms with Crippen LogP contribution < -0.4 is 11.1 Å². The second-order valence-electron chi connectivity index (χ2n) is 5.68. The van der Waals surface area contributed by atoms with E-state index >= 15 is 0 Å². The predicted octanol–water partition coefficient (Wildman–Crippen LogP) is 3.51. The van der Waals surface area contributed by atoms with Gasteiger partial charge in [0, 0.05) is 6.04 Å². The van der Waals surface area contributed by atoms with Crippen LogP contribution in [0.25, 0.3) is 10.2 Å². The molecule has 0 radical (unpaired) electrons. The predicted molar refractivity (Wildman–Crippen MR) is 81.4 cm³/mol. The summed E-state index contributed by atoms with van der Waals surface area (Å²) in [7, 11) is 0. The molecule has 3 N–H and O–H groups in total. The molecule has 2 aromatic rings. The maximum Gasteiger partial charge on any atom is 0.223 e. The van der Waals surface area contributed by atoms with Crippen molar-refractivity contribution in [2.24, 2.45) is 11.8 Å². The van der Waals surface area contributed by atoms with E-state index in [4.69, 9.17) is 5.73 Å². The zero-order chi connectivity index (χ0) is 13.4. The molecule has 5 heteroatoms. The summed E-state index contributed by atoms with van der Waals surface area (Å²) in [6.07, 6.45) is 3.70. The molecule has 3 unspecified atom stereocenters. The van der Waals surface area contributed by atoms with Gasteiger partial charge in [0.1, 0.15) is 10.6 Å². The van der Waals surface area contributed by atoms with Gasteiger partial charge in [-0.25, -0.2) is 4.98 Å². The van der Waals surface area contributed by atoms with Crippen LogP contribution in [0.3, 0.4) is 0 Å². The maximum atomic E-state index is 5.78. The number of nitrogen functional groups attached to an aromatic ring is 1. The molecule has 1 aliphatic carbocycles. The Bertz CT molecular complexity index is 580. The first-order valence-electron chi connectivity index (χ1n) is 6.90. The maximum absolute atomic E-state index is 5.78. The molecule has 0 spiro atoms. The lowest BCUT2D eigenvalue weighted by Gasteiger charge is -2.32. The van der Waals surface area contributed by atoms with Crippen molar-refractivity contribution >= 4 is 33.3 Å². The van der Waals surface area contributed by atoms with Crippen LogP contribution in [0.5, 0.6) is 0 Å². The van der Waals surface area contributed by atoms with E-state index in [-0.39, 0.29) is 0 Å². The van der Waals surface area contributed by atoms with Crippen molar-refractivity contribution in [1.82, 2.24) is 9.97 Å². The zero-order valence-corrected chi connectivity index (χ0v) is 12.2. The summed E-state index contributed by atoms with van der Waals surface area (Å²) >= 11 is 1.61. The molecule has 2 aromatic heterocycles. The molecule has 102 valence electrons. The van der Waals surface area contributed by atoms with Crippen LogP contribution in [0, 0.1) is 11.8 Å². The Morgan fingerprint density at radius 3 is 2.89 bits per heavy atom. The number of aromatic nitrogens is 2. The Balaban J connectivity index is 1.83. The second kappa shape index (κ2) is 4.96. The highest BCUT2D eigenvalue weighted by atomic mass is 32.1. The lowest BCUT2D eigenvalue weighted by molar-refractivity contribution is 0.260. The number of thiophene rings is 1. The molecule has 1 fully saturated rings. The van der Waals surface area contributed by atoms with Gasteiger partial charge in [-0.05, 0) is 42.5 Å². The highest BCUT2D eigenvalue weighted by Crippen LogP contribution is 2.33. The summed E-state index contributed by atoms with van der Waals surface area (Å²) in [5, 5.41) is 6.70. The molecule has 2 heterocycles. The first kappa shape index (κ1) is 12.7. The molecule has 0 bridgehead atoms. The molecule has 0 aliphatic heterocycles. The number of hydrogen-bond donors (Lipinski definition) is 2. The number of rotatable bonds is 2. The molecule has 3 rings (SSSR count). The van der Waals surface area contributed by atoms with E-state index in [0.29, 0.717) is 12.0 Å². The van der Waals surface area contributed by atoms with Gasteiger partial charge in [0.2, 0.25) is 5.95 Å². The lowest BCUT2D eigenvalue weighted by Crippen LogP contribution is -2.30. The molecule has 0 saturated heterocycles. The van der Waals surface area contributed by atoms with E-state index in [0.717, 1.165) is 27.9 Å². The number of nitrogens with one attached hydrogen (secondary N) is 1. The topological polar surface area (TPSA) is 63.8 Å². The number of anilines is 2. The summed E-state index contributed by atoms with van der Waals surface area (Å²) in [5.74, 6) is 2.85. The highest BCUT2D eigenvalue weighted by molar-refractivity contribution is 7.16. The zero-order valence-electron chi connectivity index (χ0n) is 11.4. The van der Waals surface area contributed by atoms with Crippen molar-refractivity contribution in [2.45, 2.75) is 39.2 Å². The fourth-order valence-electron chi connectivity index (χ4n) is 2.85. The van der Waals surface area contributed by atoms with Crippen molar-refractivity contribution in [2.75, 3.05) is 11.1 Å². The Hall–Kier alpha value is -1.36. The summed E-state index contributed by atoms with van der Waals surface area (Å²) in [4.78, 5) is 9.60. The van der Waals surface area contributed by atoms with Crippen molar-refractivity contribution in [3.05, 3.63) is 11.4 Å². The first-order valence-corrected chi connectivity index (χ1v) is 7.78. The summed E-state index contributed by atoms with van der Waals surface area (Å²) < 4.78 is 0. The number of hydrogen-bond acceptors (Lipinski definition) is 5. The van der Waals surface area contributed by atoms with E-state index < -0.39 is 0 Å². The number of nitrogens with two attached hydrogens (primary N) is 1. The summed E-state index contributed by atoms with van der Waals surface area (Å²) in [6, 6.07) is 2.57. The van der Waals surface area contributed by atoms with Crippen molar-refractivity contribution in [1.29, 1.82) is 0 Å². The van der Waals surface area contributed by atoms with Crippen LogP contribution in [-0.2, 0) is 0 Å². The van der Waals surface area contributed by atoms with Crippen molar-refractivity contribution in [3.8, 4) is 0 Å². The van der Waals surface area contributed by atoms with Gasteiger partial charge >= 0.3 is 0 Å². The molecular formula is C14H20N4S. The van der Waals surface area contributed by atoms with Gasteiger partial charge in [0.15, 0.2) is 0 Å². The molecular weight excluding hydrogens is 256 g/mol. The normalized spacial score (nSPS) is 27.6. The number of nitrogens with zero attached hydrogens (tertiary/aromatic N) is 2. The fourth-order valence-corrected chi connectivity index (χ4v) is 3.62. The third-order valence-electron chi connectivity index (χ3n) is 4.28. The third-order valence-corrected chi connectivity index (χ3v) is 5.09. The lowest BCUT2D eigenvalue weighted by atomic mass is 9.79. The summed E-state index contributed by atoms with van der Waals surface area (Å²) in [5.41, 5.74) is 5.78. The second-order valence-corrected chi connectivity index (χ2v) is 6.57. The van der Waals surface area contributed by atoms with Crippen LogP contribution in [0.4, 0.5) is 11.8 Å². The van der Waals surface area contributed by atoms with Gasteiger partial charge in [-0.15, -0.1) is 11.3 Å². The number of fused-ring (bicyclic) bond motifs is 1. The minimum atomic E-state index is 0.356. The molecule has 19 heavy (non-hydrogen) atoms. The van der Waals surface area contributed by atoms with Crippen LogP contribution in [-0.4, -0.2) is 16.0 Å². The Kier molecular flexibility index (Phi) is 3.31. The average molecular weight is 276 g/mol. The Labute approximate surface area is 117 Å². The highest BCUT2D eigenvalue weighted by Gasteiger charge is 2.25. The molecule has 1 aliphatic rings. The minimum Gasteiger partial charge on any atom is -0.368 e. The third kappa shape index (κ3) is 2.52. The quantitative estimate of drug-likeness (QED) is 0.881. The Morgan fingerprint density at radius 2 is 2.11 bits per heavy atom. The molecule has 0 amide bonds. The van der Waals surface area contributed by atoms with Crippen LogP contribution in [0.15, 0.2) is 11.4 Å². The molecule has 0 aromatic carbocycles. The molecule has 3 atom stereocenters. The Morgan fingerprint density at radius 1 is 1.26 bits per heavy atom. The monoisotopic (exact) mass is 276 g/mol. The first-order chi connectivity index (χ1) is 9.13. The van der Waals surface area contributed by atoms with E-state index in [1.54, 1.807) is 11.3 Å². The van der Waals surface area contributed by atoms with Gasteiger partial charge in [0.05, 0.1) is 5.39 Å². The largest absolute Gasteiger partial charge is 0.368 e. The fraction of sp³-hybridized carbons (Fsp3) is 0.571. The van der Waals surface area contributed by atoms with E-state index in [9.17, 15) is 0 Å². The van der Waals surface area contributed by atoms with E-state index in [2.05, 4.69) is 35.2 Å². The van der Waals surface area contributed by atoms with Gasteiger partial charge in [-0.2, -0.15) is 4.98 Å². The van der Waals surface area contributed by atoms with Gasteiger partial charge in [-0.3, -0.25) is 0 Å². The average Bonchev–Trinajstić information content (AvgIpc) is 2.82. The van der Waals surface area contributed by atoms with Crippen LogP contribution in [0.2, 0.25) is 0 Å². The van der Waals surface area contributed by atoms with Crippen molar-refractivity contribution < 1.29 is 0 Å². The van der Waals surface area contributed by atoms with E-state index in [1.165, 1.54) is 19.3 Å². The van der Waals surface area contributed by atoms with Gasteiger partial charge in [0.25, 0.3) is 0 Å². The molecule has 4 nitrogen and oxygen atoms in total.